The summed E-state index contributed by atoms with van der Waals surface area (Å²) in [6, 6.07) is 15.6. The summed E-state index contributed by atoms with van der Waals surface area (Å²) in [5, 5.41) is 15.5. The van der Waals surface area contributed by atoms with Gasteiger partial charge in [-0.15, -0.1) is 0 Å². The van der Waals surface area contributed by atoms with Crippen LogP contribution in [0, 0.1) is 17.1 Å². The van der Waals surface area contributed by atoms with E-state index in [0.29, 0.717) is 16.3 Å². The molecule has 2 aromatic carbocycles. The molecule has 3 rings (SSSR count). The number of benzene rings is 2. The molecule has 0 radical (unpaired) electrons. The number of nitriles is 1. The lowest BCUT2D eigenvalue weighted by Gasteiger charge is -2.25. The minimum absolute atomic E-state index is 0.0136. The topological polar surface area (TPSA) is 82.0 Å². The van der Waals surface area contributed by atoms with E-state index in [-0.39, 0.29) is 35.7 Å². The van der Waals surface area contributed by atoms with Crippen LogP contribution in [0.25, 0.3) is 0 Å². The van der Waals surface area contributed by atoms with Crippen molar-refractivity contribution in [1.29, 1.82) is 5.26 Å². The smallest absolute Gasteiger partial charge is 0.234 e. The second kappa shape index (κ2) is 9.39. The highest BCUT2D eigenvalue weighted by Gasteiger charge is 2.29. The first-order valence-corrected chi connectivity index (χ1v) is 10.2. The van der Waals surface area contributed by atoms with E-state index < -0.39 is 0 Å². The maximum Gasteiger partial charge on any atom is 0.234 e. The number of rotatable bonds is 6. The Hall–Kier alpha value is -3.11. The van der Waals surface area contributed by atoms with E-state index in [4.69, 9.17) is 0 Å². The summed E-state index contributed by atoms with van der Waals surface area (Å²) in [6.45, 7) is 2.06. The quantitative estimate of drug-likeness (QED) is 0.753. The Labute approximate surface area is 173 Å². The van der Waals surface area contributed by atoms with E-state index in [0.717, 1.165) is 23.7 Å². The fraction of sp³-hybridized carbons (Fsp3) is 0.227. The van der Waals surface area contributed by atoms with Gasteiger partial charge >= 0.3 is 0 Å². The van der Waals surface area contributed by atoms with Gasteiger partial charge in [0, 0.05) is 18.0 Å². The number of thioether (sulfide) groups is 1. The molecule has 1 aliphatic rings. The van der Waals surface area contributed by atoms with Gasteiger partial charge in [0.1, 0.15) is 5.82 Å². The number of nitrogens with zero attached hydrogens (tertiary/aromatic N) is 1. The van der Waals surface area contributed by atoms with Crippen LogP contribution in [0.2, 0.25) is 0 Å². The van der Waals surface area contributed by atoms with E-state index in [1.807, 2.05) is 24.3 Å². The lowest BCUT2D eigenvalue weighted by molar-refractivity contribution is -0.121. The van der Waals surface area contributed by atoms with Crippen LogP contribution < -0.4 is 10.6 Å². The van der Waals surface area contributed by atoms with Crippen LogP contribution in [0.3, 0.4) is 0 Å². The van der Waals surface area contributed by atoms with Crippen LogP contribution >= 0.6 is 11.8 Å². The number of nitrogens with one attached hydrogen (secondary N) is 2. The second-order valence-corrected chi connectivity index (χ2v) is 7.58. The van der Waals surface area contributed by atoms with E-state index in [2.05, 4.69) is 23.6 Å². The summed E-state index contributed by atoms with van der Waals surface area (Å²) in [5.74, 6) is -1.20. The molecule has 1 atom stereocenters. The van der Waals surface area contributed by atoms with E-state index in [1.165, 1.54) is 29.8 Å². The third-order valence-electron chi connectivity index (χ3n) is 4.62. The van der Waals surface area contributed by atoms with Crippen LogP contribution in [0.15, 0.2) is 59.1 Å². The molecule has 7 heteroatoms. The first kappa shape index (κ1) is 20.6. The average Bonchev–Trinajstić information content (AvgIpc) is 2.73. The molecule has 0 aliphatic carbocycles. The van der Waals surface area contributed by atoms with E-state index in [1.54, 1.807) is 0 Å². The van der Waals surface area contributed by atoms with Gasteiger partial charge in [0.25, 0.3) is 0 Å². The fourth-order valence-electron chi connectivity index (χ4n) is 3.07. The Balaban J connectivity index is 1.73. The number of carbonyl (C=O) groups excluding carboxylic acids is 2. The molecule has 2 aromatic rings. The van der Waals surface area contributed by atoms with Crippen molar-refractivity contribution in [2.45, 2.75) is 25.7 Å². The molecular weight excluding hydrogens is 389 g/mol. The molecular formula is C22H20FN3O2S. The number of amides is 2. The minimum atomic E-state index is -0.385. The maximum atomic E-state index is 13.0. The highest BCUT2D eigenvalue weighted by Crippen LogP contribution is 2.36. The Morgan fingerprint density at radius 1 is 1.24 bits per heavy atom. The maximum absolute atomic E-state index is 13.0. The molecule has 0 bridgehead atoms. The Morgan fingerprint density at radius 3 is 2.55 bits per heavy atom. The van der Waals surface area contributed by atoms with Crippen molar-refractivity contribution in [3.05, 3.63) is 76.1 Å². The standard InChI is InChI=1S/C22H20FN3O2S/c1-2-14-3-5-15(6-4-14)18-11-20(27)26-22(19(18)12-24)29-13-21(28)25-17-9-7-16(23)8-10-17/h3-10,18H,2,11,13H2,1H3,(H,25,28)(H,26,27)/t18-/m0/s1. The molecule has 2 amide bonds. The van der Waals surface area contributed by atoms with Gasteiger partial charge in [-0.25, -0.2) is 4.39 Å². The number of hydrogen-bond donors (Lipinski definition) is 2. The zero-order valence-electron chi connectivity index (χ0n) is 15.9. The first-order valence-electron chi connectivity index (χ1n) is 9.21. The Morgan fingerprint density at radius 2 is 1.93 bits per heavy atom. The molecule has 0 unspecified atom stereocenters. The SMILES string of the molecule is CCc1ccc([C@@H]2CC(=O)NC(SCC(=O)Nc3ccc(F)cc3)=C2C#N)cc1. The van der Waals surface area contributed by atoms with Gasteiger partial charge in [0.2, 0.25) is 11.8 Å². The van der Waals surface area contributed by atoms with E-state index >= 15 is 0 Å². The van der Waals surface area contributed by atoms with Crippen molar-refractivity contribution in [3.8, 4) is 6.07 Å². The molecule has 0 fully saturated rings. The predicted octanol–water partition coefficient (Wildman–Crippen LogP) is 4.10. The van der Waals surface area contributed by atoms with Crippen LogP contribution in [-0.2, 0) is 16.0 Å². The molecule has 2 N–H and O–H groups in total. The highest BCUT2D eigenvalue weighted by molar-refractivity contribution is 8.03. The third kappa shape index (κ3) is 5.24. The van der Waals surface area contributed by atoms with Crippen molar-refractivity contribution in [2.24, 2.45) is 0 Å². The molecule has 5 nitrogen and oxygen atoms in total. The predicted molar refractivity (Wildman–Crippen MR) is 111 cm³/mol. The molecule has 0 saturated carbocycles. The molecule has 1 heterocycles. The van der Waals surface area contributed by atoms with Crippen LogP contribution in [0.4, 0.5) is 10.1 Å². The number of aryl methyl sites for hydroxylation is 1. The normalized spacial score (nSPS) is 16.2. The minimum Gasteiger partial charge on any atom is -0.325 e. The number of carbonyl (C=O) groups is 2. The Kier molecular flexibility index (Phi) is 6.68. The molecule has 148 valence electrons. The summed E-state index contributed by atoms with van der Waals surface area (Å²) in [4.78, 5) is 24.4. The zero-order chi connectivity index (χ0) is 20.8. The van der Waals surface area contributed by atoms with Crippen molar-refractivity contribution in [1.82, 2.24) is 5.32 Å². The molecule has 29 heavy (non-hydrogen) atoms. The second-order valence-electron chi connectivity index (χ2n) is 6.60. The monoisotopic (exact) mass is 409 g/mol. The zero-order valence-corrected chi connectivity index (χ0v) is 16.7. The molecule has 0 spiro atoms. The van der Waals surface area contributed by atoms with Gasteiger partial charge < -0.3 is 10.6 Å². The fourth-order valence-corrected chi connectivity index (χ4v) is 3.95. The van der Waals surface area contributed by atoms with Crippen LogP contribution in [0.5, 0.6) is 0 Å². The van der Waals surface area contributed by atoms with Crippen molar-refractivity contribution in [2.75, 3.05) is 11.1 Å². The summed E-state index contributed by atoms with van der Waals surface area (Å²) < 4.78 is 13.0. The van der Waals surface area contributed by atoms with Gasteiger partial charge in [-0.3, -0.25) is 9.59 Å². The van der Waals surface area contributed by atoms with Gasteiger partial charge in [-0.1, -0.05) is 43.0 Å². The van der Waals surface area contributed by atoms with Crippen molar-refractivity contribution in [3.63, 3.8) is 0 Å². The highest BCUT2D eigenvalue weighted by atomic mass is 32.2. The molecule has 0 saturated heterocycles. The number of hydrogen-bond acceptors (Lipinski definition) is 4. The summed E-state index contributed by atoms with van der Waals surface area (Å²) in [7, 11) is 0. The summed E-state index contributed by atoms with van der Waals surface area (Å²) >= 11 is 1.11. The largest absolute Gasteiger partial charge is 0.325 e. The average molecular weight is 409 g/mol. The van der Waals surface area contributed by atoms with Gasteiger partial charge in [-0.05, 0) is 41.8 Å². The van der Waals surface area contributed by atoms with Gasteiger partial charge in [0.15, 0.2) is 0 Å². The number of halogens is 1. The third-order valence-corrected chi connectivity index (χ3v) is 5.64. The molecule has 0 aromatic heterocycles. The van der Waals surface area contributed by atoms with Crippen molar-refractivity contribution < 1.29 is 14.0 Å². The van der Waals surface area contributed by atoms with Gasteiger partial charge in [0.05, 0.1) is 22.4 Å². The lowest BCUT2D eigenvalue weighted by Crippen LogP contribution is -2.31. The van der Waals surface area contributed by atoms with Crippen LogP contribution in [0.1, 0.15) is 30.4 Å². The molecule has 1 aliphatic heterocycles. The van der Waals surface area contributed by atoms with Crippen molar-refractivity contribution >= 4 is 29.3 Å². The summed E-state index contributed by atoms with van der Waals surface area (Å²) in [5.41, 5.74) is 3.02. The number of allylic oxidation sites excluding steroid dienone is 1. The summed E-state index contributed by atoms with van der Waals surface area (Å²) in [6.07, 6.45) is 1.11. The van der Waals surface area contributed by atoms with Crippen LogP contribution in [-0.4, -0.2) is 17.6 Å². The lowest BCUT2D eigenvalue weighted by atomic mass is 9.86. The van der Waals surface area contributed by atoms with Gasteiger partial charge in [-0.2, -0.15) is 5.26 Å². The number of anilines is 1. The Bertz CT molecular complexity index is 979. The first-order chi connectivity index (χ1) is 14.0. The van der Waals surface area contributed by atoms with E-state index in [9.17, 15) is 19.2 Å².